The van der Waals surface area contributed by atoms with E-state index in [9.17, 15) is 4.79 Å². The third kappa shape index (κ3) is 2.00. The second-order valence-electron chi connectivity index (χ2n) is 3.89. The minimum atomic E-state index is 0.0183. The van der Waals surface area contributed by atoms with Gasteiger partial charge >= 0.3 is 0 Å². The van der Waals surface area contributed by atoms with E-state index in [0.29, 0.717) is 13.0 Å². The number of nitrogens with one attached hydrogen (secondary N) is 2. The molecule has 0 aliphatic carbocycles. The first-order valence-electron chi connectivity index (χ1n) is 4.90. The van der Waals surface area contributed by atoms with E-state index in [0.717, 1.165) is 32.6 Å². The molecule has 4 heteroatoms. The summed E-state index contributed by atoms with van der Waals surface area (Å²) in [6.45, 7) is 3.08. The standard InChI is InChI=1S/C9H16N2O2/c12-8-2-4-11-9(6-10-8)3-1-5-13-7-9/h11H,1-7H2,(H,10,12). The Morgan fingerprint density at radius 2 is 2.38 bits per heavy atom. The first-order valence-corrected chi connectivity index (χ1v) is 4.90. The Hall–Kier alpha value is -0.610. The van der Waals surface area contributed by atoms with E-state index in [-0.39, 0.29) is 11.4 Å². The molecule has 2 aliphatic rings. The van der Waals surface area contributed by atoms with Gasteiger partial charge in [-0.3, -0.25) is 4.79 Å². The van der Waals surface area contributed by atoms with Crippen LogP contribution in [0.4, 0.5) is 0 Å². The molecule has 74 valence electrons. The number of carbonyl (C=O) groups excluding carboxylic acids is 1. The van der Waals surface area contributed by atoms with E-state index in [1.807, 2.05) is 0 Å². The molecule has 1 atom stereocenters. The van der Waals surface area contributed by atoms with Crippen molar-refractivity contribution in [1.82, 2.24) is 10.6 Å². The maximum atomic E-state index is 11.1. The molecule has 2 saturated heterocycles. The maximum absolute atomic E-state index is 11.1. The van der Waals surface area contributed by atoms with Gasteiger partial charge in [0.05, 0.1) is 12.1 Å². The zero-order valence-electron chi connectivity index (χ0n) is 7.77. The quantitative estimate of drug-likeness (QED) is 0.541. The molecule has 0 aromatic heterocycles. The predicted molar refractivity (Wildman–Crippen MR) is 48.4 cm³/mol. The van der Waals surface area contributed by atoms with Crippen LogP contribution in [-0.2, 0) is 9.53 Å². The summed E-state index contributed by atoms with van der Waals surface area (Å²) in [5, 5.41) is 6.34. The lowest BCUT2D eigenvalue weighted by Crippen LogP contribution is -2.56. The summed E-state index contributed by atoms with van der Waals surface area (Å²) in [6.07, 6.45) is 2.78. The van der Waals surface area contributed by atoms with Gasteiger partial charge in [-0.05, 0) is 12.8 Å². The molecule has 2 rings (SSSR count). The lowest BCUT2D eigenvalue weighted by atomic mass is 9.92. The molecule has 2 N–H and O–H groups in total. The fourth-order valence-electron chi connectivity index (χ4n) is 1.99. The number of ether oxygens (including phenoxy) is 1. The van der Waals surface area contributed by atoms with Crippen LogP contribution >= 0.6 is 0 Å². The zero-order chi connectivity index (χ0) is 9.15. The summed E-state index contributed by atoms with van der Waals surface area (Å²) in [6, 6.07) is 0. The van der Waals surface area contributed by atoms with E-state index in [4.69, 9.17) is 4.74 Å². The van der Waals surface area contributed by atoms with Crippen molar-refractivity contribution in [2.45, 2.75) is 24.8 Å². The van der Waals surface area contributed by atoms with Gasteiger partial charge in [0.2, 0.25) is 5.91 Å². The fourth-order valence-corrected chi connectivity index (χ4v) is 1.99. The predicted octanol–water partition coefficient (Wildman–Crippen LogP) is -0.355. The van der Waals surface area contributed by atoms with Crippen LogP contribution in [0.25, 0.3) is 0 Å². The molecule has 2 aliphatic heterocycles. The summed E-state index contributed by atoms with van der Waals surface area (Å²) < 4.78 is 5.44. The average Bonchev–Trinajstić information content (AvgIpc) is 2.32. The van der Waals surface area contributed by atoms with E-state index in [1.165, 1.54) is 0 Å². The van der Waals surface area contributed by atoms with Crippen molar-refractivity contribution < 1.29 is 9.53 Å². The Balaban J connectivity index is 1.99. The topological polar surface area (TPSA) is 50.4 Å². The molecule has 0 radical (unpaired) electrons. The van der Waals surface area contributed by atoms with Crippen molar-refractivity contribution in [3.05, 3.63) is 0 Å². The highest BCUT2D eigenvalue weighted by Gasteiger charge is 2.34. The van der Waals surface area contributed by atoms with Gasteiger partial charge in [0.1, 0.15) is 0 Å². The van der Waals surface area contributed by atoms with E-state index >= 15 is 0 Å². The maximum Gasteiger partial charge on any atom is 0.221 e. The number of rotatable bonds is 0. The van der Waals surface area contributed by atoms with E-state index in [2.05, 4.69) is 10.6 Å². The second kappa shape index (κ2) is 3.64. The highest BCUT2D eigenvalue weighted by atomic mass is 16.5. The van der Waals surface area contributed by atoms with E-state index in [1.54, 1.807) is 0 Å². The van der Waals surface area contributed by atoms with Crippen molar-refractivity contribution in [2.75, 3.05) is 26.3 Å². The van der Waals surface area contributed by atoms with Crippen LogP contribution in [-0.4, -0.2) is 37.7 Å². The van der Waals surface area contributed by atoms with Crippen molar-refractivity contribution in [1.29, 1.82) is 0 Å². The second-order valence-corrected chi connectivity index (χ2v) is 3.89. The summed E-state index contributed by atoms with van der Waals surface area (Å²) in [7, 11) is 0. The van der Waals surface area contributed by atoms with Gasteiger partial charge in [0.25, 0.3) is 0 Å². The van der Waals surface area contributed by atoms with Gasteiger partial charge < -0.3 is 15.4 Å². The molecule has 1 unspecified atom stereocenters. The highest BCUT2D eigenvalue weighted by Crippen LogP contribution is 2.19. The monoisotopic (exact) mass is 184 g/mol. The number of hydrogen-bond donors (Lipinski definition) is 2. The van der Waals surface area contributed by atoms with Crippen molar-refractivity contribution >= 4 is 5.91 Å². The van der Waals surface area contributed by atoms with Crippen molar-refractivity contribution in [3.63, 3.8) is 0 Å². The fraction of sp³-hybridized carbons (Fsp3) is 0.889. The molecule has 2 heterocycles. The summed E-state index contributed by atoms with van der Waals surface area (Å²) in [4.78, 5) is 11.1. The van der Waals surface area contributed by atoms with Crippen LogP contribution in [0.3, 0.4) is 0 Å². The smallest absolute Gasteiger partial charge is 0.221 e. The highest BCUT2D eigenvalue weighted by molar-refractivity contribution is 5.76. The molecule has 0 aromatic carbocycles. The zero-order valence-corrected chi connectivity index (χ0v) is 7.77. The normalized spacial score (nSPS) is 35.5. The Morgan fingerprint density at radius 1 is 1.46 bits per heavy atom. The van der Waals surface area contributed by atoms with Crippen LogP contribution in [0.2, 0.25) is 0 Å². The van der Waals surface area contributed by atoms with E-state index < -0.39 is 0 Å². The molecule has 4 nitrogen and oxygen atoms in total. The molecule has 1 amide bonds. The Labute approximate surface area is 78.0 Å². The number of carbonyl (C=O) groups is 1. The van der Waals surface area contributed by atoms with Gasteiger partial charge in [0.15, 0.2) is 0 Å². The third-order valence-electron chi connectivity index (χ3n) is 2.80. The summed E-state index contributed by atoms with van der Waals surface area (Å²) in [5.41, 5.74) is 0.0183. The minimum Gasteiger partial charge on any atom is -0.379 e. The Kier molecular flexibility index (Phi) is 2.51. The van der Waals surface area contributed by atoms with Gasteiger partial charge in [-0.25, -0.2) is 0 Å². The third-order valence-corrected chi connectivity index (χ3v) is 2.80. The van der Waals surface area contributed by atoms with Crippen LogP contribution < -0.4 is 10.6 Å². The first-order chi connectivity index (χ1) is 6.31. The van der Waals surface area contributed by atoms with Crippen LogP contribution in [0, 0.1) is 0 Å². The van der Waals surface area contributed by atoms with Crippen molar-refractivity contribution in [2.24, 2.45) is 0 Å². The van der Waals surface area contributed by atoms with Crippen molar-refractivity contribution in [3.8, 4) is 0 Å². The lowest BCUT2D eigenvalue weighted by Gasteiger charge is -2.36. The molecule has 1 spiro atoms. The van der Waals surface area contributed by atoms with Crippen LogP contribution in [0.1, 0.15) is 19.3 Å². The number of hydrogen-bond acceptors (Lipinski definition) is 3. The van der Waals surface area contributed by atoms with Gasteiger partial charge in [-0.2, -0.15) is 0 Å². The summed E-state index contributed by atoms with van der Waals surface area (Å²) >= 11 is 0. The van der Waals surface area contributed by atoms with Crippen LogP contribution in [0.15, 0.2) is 0 Å². The molecular weight excluding hydrogens is 168 g/mol. The SMILES string of the molecule is O=C1CCNC2(CCCOC2)CN1. The van der Waals surface area contributed by atoms with Gasteiger partial charge in [-0.15, -0.1) is 0 Å². The molecule has 2 fully saturated rings. The van der Waals surface area contributed by atoms with Crippen LogP contribution in [0.5, 0.6) is 0 Å². The first kappa shape index (κ1) is 8.97. The Bertz CT molecular complexity index is 200. The molecule has 0 saturated carbocycles. The molecule has 0 aromatic rings. The Morgan fingerprint density at radius 3 is 3.15 bits per heavy atom. The summed E-state index contributed by atoms with van der Waals surface area (Å²) in [5.74, 6) is 0.148. The number of amides is 1. The molecule has 13 heavy (non-hydrogen) atoms. The molecule has 0 bridgehead atoms. The lowest BCUT2D eigenvalue weighted by molar-refractivity contribution is -0.120. The minimum absolute atomic E-state index is 0.0183. The van der Waals surface area contributed by atoms with Gasteiger partial charge in [0, 0.05) is 26.1 Å². The largest absolute Gasteiger partial charge is 0.379 e. The average molecular weight is 184 g/mol. The van der Waals surface area contributed by atoms with Gasteiger partial charge in [-0.1, -0.05) is 0 Å². The molecular formula is C9H16N2O2.